The maximum absolute atomic E-state index is 12.4. The minimum Gasteiger partial charge on any atom is -0.504 e. The predicted octanol–water partition coefficient (Wildman–Crippen LogP) is 0.873. The van der Waals surface area contributed by atoms with Crippen LogP contribution in [0.5, 0.6) is 23.0 Å². The van der Waals surface area contributed by atoms with Crippen LogP contribution in [0.15, 0.2) is 47.5 Å². The summed E-state index contributed by atoms with van der Waals surface area (Å²) in [5.41, 5.74) is 0.582. The van der Waals surface area contributed by atoms with Gasteiger partial charge in [-0.25, -0.2) is 0 Å². The first-order chi connectivity index (χ1) is 19.2. The van der Waals surface area contributed by atoms with Gasteiger partial charge in [-0.2, -0.15) is 10.5 Å². The van der Waals surface area contributed by atoms with Gasteiger partial charge < -0.3 is 31.1 Å². The number of carbonyl (C=O) groups excluding carboxylic acids is 2. The van der Waals surface area contributed by atoms with Crippen LogP contribution < -0.4 is 10.6 Å². The number of piperazine rings is 1. The number of amides is 2. The highest BCUT2D eigenvalue weighted by molar-refractivity contribution is 6.02. The summed E-state index contributed by atoms with van der Waals surface area (Å²) in [6.07, 6.45) is 2.67. The van der Waals surface area contributed by atoms with Gasteiger partial charge in [0, 0.05) is 52.4 Å². The van der Waals surface area contributed by atoms with Crippen LogP contribution in [0.4, 0.5) is 0 Å². The molecule has 0 aromatic heterocycles. The highest BCUT2D eigenvalue weighted by Gasteiger charge is 2.18. The molecule has 0 radical (unpaired) electrons. The van der Waals surface area contributed by atoms with Crippen molar-refractivity contribution in [2.24, 2.45) is 0 Å². The van der Waals surface area contributed by atoms with E-state index in [2.05, 4.69) is 20.4 Å². The fraction of sp³-hybridized carbons (Fsp3) is 0.286. The van der Waals surface area contributed by atoms with E-state index in [9.17, 15) is 40.5 Å². The number of phenolic OH excluding ortho intramolecular Hbond substituents is 4. The Kier molecular flexibility index (Phi) is 10.5. The van der Waals surface area contributed by atoms with Gasteiger partial charge in [0.05, 0.1) is 0 Å². The molecule has 1 heterocycles. The van der Waals surface area contributed by atoms with Crippen LogP contribution >= 0.6 is 0 Å². The molecular formula is C28H30N6O6. The number of hydrogen-bond donors (Lipinski definition) is 6. The molecule has 12 nitrogen and oxygen atoms in total. The molecule has 208 valence electrons. The van der Waals surface area contributed by atoms with E-state index in [0.29, 0.717) is 37.3 Å². The van der Waals surface area contributed by atoms with Gasteiger partial charge in [-0.3, -0.25) is 19.4 Å². The zero-order valence-corrected chi connectivity index (χ0v) is 21.7. The molecule has 1 aliphatic rings. The van der Waals surface area contributed by atoms with Gasteiger partial charge >= 0.3 is 0 Å². The summed E-state index contributed by atoms with van der Waals surface area (Å²) >= 11 is 0. The minimum atomic E-state index is -0.530. The van der Waals surface area contributed by atoms with Crippen LogP contribution in [0, 0.1) is 22.7 Å². The second-order valence-corrected chi connectivity index (χ2v) is 9.03. The molecule has 0 unspecified atom stereocenters. The molecule has 0 spiro atoms. The van der Waals surface area contributed by atoms with Gasteiger partial charge in [0.2, 0.25) is 0 Å². The maximum Gasteiger partial charge on any atom is 0.261 e. The molecule has 6 N–H and O–H groups in total. The van der Waals surface area contributed by atoms with Gasteiger partial charge in [0.1, 0.15) is 23.3 Å². The average Bonchev–Trinajstić information content (AvgIpc) is 2.94. The van der Waals surface area contributed by atoms with Crippen LogP contribution in [-0.4, -0.2) is 94.4 Å². The molecule has 2 aromatic rings. The van der Waals surface area contributed by atoms with Crippen LogP contribution in [0.25, 0.3) is 12.2 Å². The van der Waals surface area contributed by atoms with Crippen molar-refractivity contribution >= 4 is 24.0 Å². The lowest BCUT2D eigenvalue weighted by atomic mass is 10.1. The van der Waals surface area contributed by atoms with Crippen molar-refractivity contribution in [3.63, 3.8) is 0 Å². The maximum atomic E-state index is 12.4. The fourth-order valence-corrected chi connectivity index (χ4v) is 3.97. The predicted molar refractivity (Wildman–Crippen MR) is 146 cm³/mol. The van der Waals surface area contributed by atoms with Gasteiger partial charge in [-0.15, -0.1) is 0 Å². The zero-order chi connectivity index (χ0) is 29.1. The van der Waals surface area contributed by atoms with E-state index in [4.69, 9.17) is 0 Å². The number of phenols is 4. The van der Waals surface area contributed by atoms with Crippen molar-refractivity contribution < 1.29 is 30.0 Å². The normalized spacial score (nSPS) is 14.7. The van der Waals surface area contributed by atoms with Crippen molar-refractivity contribution in [2.45, 2.75) is 0 Å². The lowest BCUT2D eigenvalue weighted by Gasteiger charge is -2.34. The monoisotopic (exact) mass is 546 g/mol. The van der Waals surface area contributed by atoms with Crippen LogP contribution in [-0.2, 0) is 9.59 Å². The zero-order valence-electron chi connectivity index (χ0n) is 21.7. The molecular weight excluding hydrogens is 516 g/mol. The smallest absolute Gasteiger partial charge is 0.261 e. The molecule has 1 aliphatic heterocycles. The van der Waals surface area contributed by atoms with Gasteiger partial charge in [-0.05, 0) is 47.5 Å². The molecule has 2 amide bonds. The number of nitriles is 2. The van der Waals surface area contributed by atoms with E-state index >= 15 is 0 Å². The number of aromatic hydroxyl groups is 4. The van der Waals surface area contributed by atoms with Crippen LogP contribution in [0.1, 0.15) is 11.1 Å². The van der Waals surface area contributed by atoms with Gasteiger partial charge in [-0.1, -0.05) is 12.1 Å². The first-order valence-electron chi connectivity index (χ1n) is 12.5. The Morgan fingerprint density at radius 1 is 0.700 bits per heavy atom. The van der Waals surface area contributed by atoms with Crippen molar-refractivity contribution in [1.82, 2.24) is 20.4 Å². The molecule has 2 aromatic carbocycles. The second kappa shape index (κ2) is 14.2. The number of nitrogens with one attached hydrogen (secondary N) is 2. The summed E-state index contributed by atoms with van der Waals surface area (Å²) in [6, 6.07) is 11.7. The Balaban J connectivity index is 1.37. The highest BCUT2D eigenvalue weighted by Crippen LogP contribution is 2.26. The molecule has 40 heavy (non-hydrogen) atoms. The van der Waals surface area contributed by atoms with Crippen molar-refractivity contribution in [1.29, 1.82) is 10.5 Å². The molecule has 0 aliphatic carbocycles. The van der Waals surface area contributed by atoms with E-state index in [1.54, 1.807) is 0 Å². The Bertz CT molecular complexity index is 1280. The van der Waals surface area contributed by atoms with Gasteiger partial charge in [0.15, 0.2) is 23.0 Å². The number of carbonyl (C=O) groups is 2. The fourth-order valence-electron chi connectivity index (χ4n) is 3.97. The SMILES string of the molecule is N#C/C(=C\c1ccc(O)c(O)c1)C(=O)NCCN1CCN(CCNC(=O)/C(C#N)=C/c2ccc(O)c(O)c2)CC1. The Labute approximate surface area is 231 Å². The summed E-state index contributed by atoms with van der Waals surface area (Å²) < 4.78 is 0. The molecule has 1 fully saturated rings. The molecule has 0 bridgehead atoms. The molecule has 0 saturated carbocycles. The lowest BCUT2D eigenvalue weighted by Crippen LogP contribution is -2.50. The summed E-state index contributed by atoms with van der Waals surface area (Å²) in [5, 5.41) is 62.0. The van der Waals surface area contributed by atoms with E-state index in [1.165, 1.54) is 48.6 Å². The van der Waals surface area contributed by atoms with E-state index < -0.39 is 11.8 Å². The van der Waals surface area contributed by atoms with E-state index in [0.717, 1.165) is 26.2 Å². The number of hydrogen-bond acceptors (Lipinski definition) is 10. The van der Waals surface area contributed by atoms with E-state index in [-0.39, 0.29) is 34.1 Å². The van der Waals surface area contributed by atoms with Crippen molar-refractivity contribution in [3.05, 3.63) is 58.7 Å². The van der Waals surface area contributed by atoms with Crippen molar-refractivity contribution in [3.8, 4) is 35.1 Å². The quantitative estimate of drug-likeness (QED) is 0.141. The first kappa shape index (κ1) is 29.5. The summed E-state index contributed by atoms with van der Waals surface area (Å²) in [4.78, 5) is 29.1. The number of benzene rings is 2. The largest absolute Gasteiger partial charge is 0.504 e. The van der Waals surface area contributed by atoms with Crippen LogP contribution in [0.3, 0.4) is 0 Å². The second-order valence-electron chi connectivity index (χ2n) is 9.03. The Morgan fingerprint density at radius 3 is 1.40 bits per heavy atom. The molecule has 0 atom stereocenters. The molecule has 12 heteroatoms. The van der Waals surface area contributed by atoms with Gasteiger partial charge in [0.25, 0.3) is 11.8 Å². The topological polar surface area (TPSA) is 193 Å². The highest BCUT2D eigenvalue weighted by atomic mass is 16.3. The summed E-state index contributed by atoms with van der Waals surface area (Å²) in [7, 11) is 0. The third-order valence-corrected chi connectivity index (χ3v) is 6.24. The third-order valence-electron chi connectivity index (χ3n) is 6.24. The lowest BCUT2D eigenvalue weighted by molar-refractivity contribution is -0.118. The standard InChI is InChI=1S/C28H30N6O6/c29-17-21(13-19-1-3-23(35)25(37)15-19)27(39)31-5-7-33-9-11-34(12-10-33)8-6-32-28(40)22(18-30)14-20-2-4-24(36)26(38)16-20/h1-4,13-16,35-38H,5-12H2,(H,31,39)(H,32,40)/b21-13+,22-14+. The average molecular weight is 547 g/mol. The Morgan fingerprint density at radius 2 is 1.07 bits per heavy atom. The molecule has 3 rings (SSSR count). The summed E-state index contributed by atoms with van der Waals surface area (Å²) in [5.74, 6) is -2.33. The molecule has 1 saturated heterocycles. The minimum absolute atomic E-state index is 0.118. The third kappa shape index (κ3) is 8.49. The van der Waals surface area contributed by atoms with Crippen molar-refractivity contribution in [2.75, 3.05) is 52.4 Å². The van der Waals surface area contributed by atoms with E-state index in [1.807, 2.05) is 12.1 Å². The number of nitrogens with zero attached hydrogens (tertiary/aromatic N) is 4. The Hall–Kier alpha value is -5.04. The number of rotatable bonds is 10. The first-order valence-corrected chi connectivity index (χ1v) is 12.5. The summed E-state index contributed by atoms with van der Waals surface area (Å²) in [6.45, 7) is 4.90. The van der Waals surface area contributed by atoms with Crippen LogP contribution in [0.2, 0.25) is 0 Å².